The molecular formula is C20H28N2O2. The van der Waals surface area contributed by atoms with Crippen LogP contribution in [0.15, 0.2) is 30.3 Å². The van der Waals surface area contributed by atoms with Crippen molar-refractivity contribution in [1.29, 1.82) is 0 Å². The number of rotatable bonds is 4. The van der Waals surface area contributed by atoms with Gasteiger partial charge in [0.05, 0.1) is 0 Å². The standard InChI is InChI=1S/C20H28N2O2/c23-20(24-14-15-6-2-1-3-7-15)19-8-4-5-11-22(19)18-12-16-9-10-17(13-18)21-16/h1-3,6-7,16-19,21H,4-5,8-14H2. The van der Waals surface area contributed by atoms with Gasteiger partial charge in [0.2, 0.25) is 0 Å². The topological polar surface area (TPSA) is 41.6 Å². The molecule has 4 rings (SSSR count). The van der Waals surface area contributed by atoms with Crippen molar-refractivity contribution in [3.8, 4) is 0 Å². The van der Waals surface area contributed by atoms with Gasteiger partial charge in [0.25, 0.3) is 0 Å². The summed E-state index contributed by atoms with van der Waals surface area (Å²) in [6, 6.07) is 11.8. The van der Waals surface area contributed by atoms with Crippen LogP contribution < -0.4 is 5.32 Å². The predicted molar refractivity (Wildman–Crippen MR) is 93.6 cm³/mol. The molecule has 24 heavy (non-hydrogen) atoms. The Bertz CT molecular complexity index is 550. The van der Waals surface area contributed by atoms with Gasteiger partial charge in [-0.25, -0.2) is 0 Å². The van der Waals surface area contributed by atoms with Gasteiger partial charge in [0, 0.05) is 18.1 Å². The minimum atomic E-state index is -0.0371. The number of hydrogen-bond donors (Lipinski definition) is 1. The van der Waals surface area contributed by atoms with E-state index in [-0.39, 0.29) is 12.0 Å². The van der Waals surface area contributed by atoms with Crippen LogP contribution in [0, 0.1) is 0 Å². The summed E-state index contributed by atoms with van der Waals surface area (Å²) < 4.78 is 5.66. The van der Waals surface area contributed by atoms with Gasteiger partial charge in [-0.05, 0) is 50.6 Å². The molecule has 4 heteroatoms. The quantitative estimate of drug-likeness (QED) is 0.863. The number of hydrogen-bond acceptors (Lipinski definition) is 4. The molecule has 3 aliphatic heterocycles. The van der Waals surface area contributed by atoms with Gasteiger partial charge in [0.1, 0.15) is 12.6 Å². The van der Waals surface area contributed by atoms with Crippen molar-refractivity contribution in [2.75, 3.05) is 6.54 Å². The summed E-state index contributed by atoms with van der Waals surface area (Å²) in [4.78, 5) is 15.2. The van der Waals surface area contributed by atoms with Crippen molar-refractivity contribution in [2.24, 2.45) is 0 Å². The second kappa shape index (κ2) is 7.24. The maximum Gasteiger partial charge on any atom is 0.323 e. The van der Waals surface area contributed by atoms with Crippen molar-refractivity contribution >= 4 is 5.97 Å². The van der Waals surface area contributed by atoms with Gasteiger partial charge in [-0.15, -0.1) is 0 Å². The normalized spacial score (nSPS) is 33.3. The van der Waals surface area contributed by atoms with Crippen molar-refractivity contribution in [3.63, 3.8) is 0 Å². The van der Waals surface area contributed by atoms with E-state index < -0.39 is 0 Å². The van der Waals surface area contributed by atoms with Crippen molar-refractivity contribution in [2.45, 2.75) is 75.7 Å². The summed E-state index contributed by atoms with van der Waals surface area (Å²) in [6.07, 6.45) is 8.29. The number of benzene rings is 1. The molecule has 4 nitrogen and oxygen atoms in total. The van der Waals surface area contributed by atoms with Crippen LogP contribution >= 0.6 is 0 Å². The second-order valence-electron chi connectivity index (χ2n) is 7.61. The van der Waals surface area contributed by atoms with E-state index in [1.807, 2.05) is 30.3 Å². The number of carbonyl (C=O) groups excluding carboxylic acids is 1. The molecule has 3 aliphatic rings. The van der Waals surface area contributed by atoms with Crippen LogP contribution in [0.4, 0.5) is 0 Å². The number of carbonyl (C=O) groups is 1. The summed E-state index contributed by atoms with van der Waals surface area (Å²) in [5, 5.41) is 3.71. The Hall–Kier alpha value is -1.39. The zero-order chi connectivity index (χ0) is 16.4. The smallest absolute Gasteiger partial charge is 0.323 e. The first-order valence-corrected chi connectivity index (χ1v) is 9.52. The minimum Gasteiger partial charge on any atom is -0.460 e. The molecule has 0 saturated carbocycles. The van der Waals surface area contributed by atoms with Crippen LogP contribution in [-0.2, 0) is 16.1 Å². The van der Waals surface area contributed by atoms with E-state index in [1.165, 1.54) is 32.1 Å². The van der Waals surface area contributed by atoms with Gasteiger partial charge in [-0.1, -0.05) is 36.8 Å². The SMILES string of the molecule is O=C(OCc1ccccc1)C1CCCCN1C1CC2CCC(C1)N2. The van der Waals surface area contributed by atoms with Crippen LogP contribution in [0.5, 0.6) is 0 Å². The summed E-state index contributed by atoms with van der Waals surface area (Å²) in [5.74, 6) is -0.0237. The molecule has 130 valence electrons. The fourth-order valence-corrected chi connectivity index (χ4v) is 4.77. The third kappa shape index (κ3) is 3.50. The fourth-order valence-electron chi connectivity index (χ4n) is 4.77. The maximum atomic E-state index is 12.7. The zero-order valence-electron chi connectivity index (χ0n) is 14.3. The lowest BCUT2D eigenvalue weighted by Gasteiger charge is -2.43. The fraction of sp³-hybridized carbons (Fsp3) is 0.650. The molecule has 3 saturated heterocycles. The van der Waals surface area contributed by atoms with E-state index in [0.717, 1.165) is 24.9 Å². The molecular weight excluding hydrogens is 300 g/mol. The van der Waals surface area contributed by atoms with Crippen LogP contribution in [0.2, 0.25) is 0 Å². The Morgan fingerprint density at radius 1 is 1.08 bits per heavy atom. The molecule has 1 N–H and O–H groups in total. The Balaban J connectivity index is 1.39. The molecule has 2 bridgehead atoms. The Morgan fingerprint density at radius 2 is 1.83 bits per heavy atom. The van der Waals surface area contributed by atoms with E-state index in [2.05, 4.69) is 10.2 Å². The number of esters is 1. The van der Waals surface area contributed by atoms with Crippen molar-refractivity contribution < 1.29 is 9.53 Å². The second-order valence-corrected chi connectivity index (χ2v) is 7.61. The largest absolute Gasteiger partial charge is 0.460 e. The summed E-state index contributed by atoms with van der Waals surface area (Å²) in [7, 11) is 0. The lowest BCUT2D eigenvalue weighted by molar-refractivity contribution is -0.154. The molecule has 0 aromatic heterocycles. The molecule has 0 spiro atoms. The molecule has 0 radical (unpaired) electrons. The number of nitrogens with one attached hydrogen (secondary N) is 1. The Labute approximate surface area is 144 Å². The molecule has 0 aliphatic carbocycles. The van der Waals surface area contributed by atoms with Crippen LogP contribution in [0.3, 0.4) is 0 Å². The zero-order valence-corrected chi connectivity index (χ0v) is 14.3. The highest BCUT2D eigenvalue weighted by Gasteiger charge is 2.41. The van der Waals surface area contributed by atoms with Gasteiger partial charge < -0.3 is 10.1 Å². The third-order valence-electron chi connectivity index (χ3n) is 5.96. The van der Waals surface area contributed by atoms with Gasteiger partial charge in [-0.3, -0.25) is 9.69 Å². The van der Waals surface area contributed by atoms with E-state index in [9.17, 15) is 4.79 Å². The van der Waals surface area contributed by atoms with Crippen LogP contribution in [0.25, 0.3) is 0 Å². The molecule has 3 atom stereocenters. The summed E-state index contributed by atoms with van der Waals surface area (Å²) in [6.45, 7) is 1.44. The maximum absolute atomic E-state index is 12.7. The third-order valence-corrected chi connectivity index (χ3v) is 5.96. The molecule has 1 aromatic rings. The molecule has 3 heterocycles. The first kappa shape index (κ1) is 16.1. The van der Waals surface area contributed by atoms with Crippen molar-refractivity contribution in [1.82, 2.24) is 10.2 Å². The number of piperidine rings is 2. The molecule has 1 aromatic carbocycles. The molecule has 0 amide bonds. The number of ether oxygens (including phenoxy) is 1. The van der Waals surface area contributed by atoms with E-state index in [1.54, 1.807) is 0 Å². The van der Waals surface area contributed by atoms with Gasteiger partial charge in [0.15, 0.2) is 0 Å². The van der Waals surface area contributed by atoms with E-state index in [4.69, 9.17) is 4.74 Å². The lowest BCUT2D eigenvalue weighted by Crippen LogP contribution is -2.55. The first-order chi connectivity index (χ1) is 11.8. The van der Waals surface area contributed by atoms with Gasteiger partial charge >= 0.3 is 5.97 Å². The van der Waals surface area contributed by atoms with Crippen LogP contribution in [-0.4, -0.2) is 41.6 Å². The van der Waals surface area contributed by atoms with Crippen LogP contribution in [0.1, 0.15) is 50.5 Å². The highest BCUT2D eigenvalue weighted by Crippen LogP contribution is 2.33. The Kier molecular flexibility index (Phi) is 4.86. The number of fused-ring (bicyclic) bond motifs is 2. The summed E-state index contributed by atoms with van der Waals surface area (Å²) in [5.41, 5.74) is 1.06. The number of nitrogens with zero attached hydrogens (tertiary/aromatic N) is 1. The molecule has 3 fully saturated rings. The average Bonchev–Trinajstić information content (AvgIpc) is 2.98. The number of likely N-dealkylation sites (tertiary alicyclic amines) is 1. The first-order valence-electron chi connectivity index (χ1n) is 9.52. The summed E-state index contributed by atoms with van der Waals surface area (Å²) >= 11 is 0. The van der Waals surface area contributed by atoms with Crippen molar-refractivity contribution in [3.05, 3.63) is 35.9 Å². The lowest BCUT2D eigenvalue weighted by atomic mass is 9.92. The monoisotopic (exact) mass is 328 g/mol. The van der Waals surface area contributed by atoms with Gasteiger partial charge in [-0.2, -0.15) is 0 Å². The predicted octanol–water partition coefficient (Wildman–Crippen LogP) is 2.87. The molecule has 3 unspecified atom stereocenters. The average molecular weight is 328 g/mol. The van der Waals surface area contributed by atoms with E-state index >= 15 is 0 Å². The van der Waals surface area contributed by atoms with E-state index in [0.29, 0.717) is 24.7 Å². The minimum absolute atomic E-state index is 0.0237. The highest BCUT2D eigenvalue weighted by atomic mass is 16.5. The highest BCUT2D eigenvalue weighted by molar-refractivity contribution is 5.76. The Morgan fingerprint density at radius 3 is 2.58 bits per heavy atom.